The molecule has 10 heteroatoms. The Labute approximate surface area is 195 Å². The molecule has 1 aliphatic rings. The molecule has 170 valence electrons. The Kier molecular flexibility index (Phi) is 6.41. The van der Waals surface area contributed by atoms with Crippen LogP contribution in [0.5, 0.6) is 0 Å². The van der Waals surface area contributed by atoms with E-state index in [4.69, 9.17) is 16.3 Å². The first-order valence-corrected chi connectivity index (χ1v) is 10.8. The highest BCUT2D eigenvalue weighted by atomic mass is 35.5. The smallest absolute Gasteiger partial charge is 0.359 e. The number of hydrogen-bond acceptors (Lipinski definition) is 6. The fourth-order valence-electron chi connectivity index (χ4n) is 3.18. The van der Waals surface area contributed by atoms with E-state index in [-0.39, 0.29) is 22.7 Å². The molecule has 3 aromatic rings. The predicted octanol–water partition coefficient (Wildman–Crippen LogP) is 3.23. The lowest BCUT2D eigenvalue weighted by atomic mass is 10.2. The number of anilines is 1. The summed E-state index contributed by atoms with van der Waals surface area (Å²) in [4.78, 5) is 41.2. The Morgan fingerprint density at radius 1 is 1.15 bits per heavy atom. The van der Waals surface area contributed by atoms with E-state index < -0.39 is 18.5 Å². The number of carbonyl (C=O) groups is 3. The SMILES string of the molecule is Cc1cc(C)n(-c2ccc(Cl)c(C(=O)OCC(=O)Nc3cccc(C(=O)NC4CC4)c3)n2)n1. The van der Waals surface area contributed by atoms with E-state index >= 15 is 0 Å². The molecule has 2 N–H and O–H groups in total. The standard InChI is InChI=1S/C23H22ClN5O4/c1-13-10-14(2)29(28-13)19-9-8-18(24)21(27-19)23(32)33-12-20(30)25-17-5-3-4-15(11-17)22(31)26-16-6-7-16/h3-5,8-11,16H,6-7,12H2,1-2H3,(H,25,30)(H,26,31). The first kappa shape index (κ1) is 22.5. The summed E-state index contributed by atoms with van der Waals surface area (Å²) in [6.45, 7) is 3.17. The van der Waals surface area contributed by atoms with Crippen LogP contribution in [-0.4, -0.2) is 45.2 Å². The average Bonchev–Trinajstić information content (AvgIpc) is 3.53. The van der Waals surface area contributed by atoms with Crippen molar-refractivity contribution in [2.75, 3.05) is 11.9 Å². The van der Waals surface area contributed by atoms with Crippen LogP contribution in [0.15, 0.2) is 42.5 Å². The Morgan fingerprint density at radius 3 is 2.64 bits per heavy atom. The molecule has 0 unspecified atom stereocenters. The lowest BCUT2D eigenvalue weighted by Gasteiger charge is -2.10. The number of benzene rings is 1. The maximum Gasteiger partial charge on any atom is 0.359 e. The quantitative estimate of drug-likeness (QED) is 0.515. The van der Waals surface area contributed by atoms with Crippen molar-refractivity contribution in [3.05, 3.63) is 70.1 Å². The van der Waals surface area contributed by atoms with Crippen molar-refractivity contribution in [1.29, 1.82) is 0 Å². The van der Waals surface area contributed by atoms with E-state index in [2.05, 4.69) is 20.7 Å². The number of ether oxygens (including phenoxy) is 1. The van der Waals surface area contributed by atoms with Crippen molar-refractivity contribution in [2.45, 2.75) is 32.7 Å². The third-order valence-electron chi connectivity index (χ3n) is 4.91. The summed E-state index contributed by atoms with van der Waals surface area (Å²) >= 11 is 6.12. The Morgan fingerprint density at radius 2 is 1.94 bits per heavy atom. The van der Waals surface area contributed by atoms with Gasteiger partial charge in [-0.05, 0) is 63.1 Å². The van der Waals surface area contributed by atoms with Crippen molar-refractivity contribution in [1.82, 2.24) is 20.1 Å². The van der Waals surface area contributed by atoms with Gasteiger partial charge in [-0.1, -0.05) is 17.7 Å². The van der Waals surface area contributed by atoms with Crippen molar-refractivity contribution in [3.63, 3.8) is 0 Å². The maximum atomic E-state index is 12.5. The molecule has 1 fully saturated rings. The van der Waals surface area contributed by atoms with Crippen LogP contribution >= 0.6 is 11.6 Å². The van der Waals surface area contributed by atoms with Crippen LogP contribution in [0, 0.1) is 13.8 Å². The average molecular weight is 468 g/mol. The highest BCUT2D eigenvalue weighted by Gasteiger charge is 2.24. The molecule has 2 amide bonds. The minimum absolute atomic E-state index is 0.0973. The number of carbonyl (C=O) groups excluding carboxylic acids is 3. The van der Waals surface area contributed by atoms with Crippen molar-refractivity contribution in [3.8, 4) is 5.82 Å². The predicted molar refractivity (Wildman–Crippen MR) is 122 cm³/mol. The third-order valence-corrected chi connectivity index (χ3v) is 5.21. The second kappa shape index (κ2) is 9.41. The van der Waals surface area contributed by atoms with Gasteiger partial charge in [0.1, 0.15) is 0 Å². The van der Waals surface area contributed by atoms with Gasteiger partial charge in [-0.2, -0.15) is 5.10 Å². The fourth-order valence-corrected chi connectivity index (χ4v) is 3.37. The highest BCUT2D eigenvalue weighted by molar-refractivity contribution is 6.33. The van der Waals surface area contributed by atoms with Crippen molar-refractivity contribution >= 4 is 35.1 Å². The van der Waals surface area contributed by atoms with Gasteiger partial charge in [0.2, 0.25) is 0 Å². The van der Waals surface area contributed by atoms with Crippen LogP contribution in [0.25, 0.3) is 5.82 Å². The van der Waals surface area contributed by atoms with Crippen LogP contribution in [0.1, 0.15) is 45.1 Å². The van der Waals surface area contributed by atoms with E-state index in [1.54, 1.807) is 35.0 Å². The zero-order valence-electron chi connectivity index (χ0n) is 18.1. The van der Waals surface area contributed by atoms with Gasteiger partial charge >= 0.3 is 5.97 Å². The van der Waals surface area contributed by atoms with Gasteiger partial charge in [-0.3, -0.25) is 9.59 Å². The fraction of sp³-hybridized carbons (Fsp3) is 0.261. The summed E-state index contributed by atoms with van der Waals surface area (Å²) in [6.07, 6.45) is 1.97. The number of rotatable bonds is 7. The van der Waals surface area contributed by atoms with E-state index in [1.807, 2.05) is 19.9 Å². The molecule has 0 bridgehead atoms. The molecule has 33 heavy (non-hydrogen) atoms. The van der Waals surface area contributed by atoms with Gasteiger partial charge < -0.3 is 15.4 Å². The lowest BCUT2D eigenvalue weighted by molar-refractivity contribution is -0.119. The minimum Gasteiger partial charge on any atom is -0.451 e. The summed E-state index contributed by atoms with van der Waals surface area (Å²) in [7, 11) is 0. The van der Waals surface area contributed by atoms with Gasteiger partial charge in [0.05, 0.1) is 10.7 Å². The van der Waals surface area contributed by atoms with Crippen LogP contribution < -0.4 is 10.6 Å². The lowest BCUT2D eigenvalue weighted by Crippen LogP contribution is -2.25. The second-order valence-electron chi connectivity index (χ2n) is 7.79. The first-order chi connectivity index (χ1) is 15.8. The van der Waals surface area contributed by atoms with E-state index in [0.29, 0.717) is 17.1 Å². The Balaban J connectivity index is 1.38. The number of aryl methyl sites for hydroxylation is 2. The second-order valence-corrected chi connectivity index (χ2v) is 8.20. The van der Waals surface area contributed by atoms with Crippen LogP contribution in [0.4, 0.5) is 5.69 Å². The Hall–Kier alpha value is -3.72. The minimum atomic E-state index is -0.837. The molecule has 2 aromatic heterocycles. The molecular formula is C23H22ClN5O4. The summed E-state index contributed by atoms with van der Waals surface area (Å²) in [5.41, 5.74) is 2.39. The van der Waals surface area contributed by atoms with Crippen LogP contribution in [0.3, 0.4) is 0 Å². The molecule has 0 radical (unpaired) electrons. The molecule has 0 aliphatic heterocycles. The normalized spacial score (nSPS) is 12.8. The monoisotopic (exact) mass is 467 g/mol. The molecule has 4 rings (SSSR count). The summed E-state index contributed by atoms with van der Waals surface area (Å²) in [6, 6.07) is 11.8. The molecule has 0 spiro atoms. The molecule has 1 saturated carbocycles. The number of aromatic nitrogens is 3. The topological polar surface area (TPSA) is 115 Å². The molecule has 0 atom stereocenters. The van der Waals surface area contributed by atoms with E-state index in [0.717, 1.165) is 24.2 Å². The number of amides is 2. The van der Waals surface area contributed by atoms with Crippen LogP contribution in [0.2, 0.25) is 5.02 Å². The van der Waals surface area contributed by atoms with Gasteiger partial charge in [0, 0.05) is 23.0 Å². The number of nitrogens with zero attached hydrogens (tertiary/aromatic N) is 3. The van der Waals surface area contributed by atoms with Gasteiger partial charge in [0.15, 0.2) is 18.1 Å². The van der Waals surface area contributed by atoms with Crippen molar-refractivity contribution < 1.29 is 19.1 Å². The zero-order chi connectivity index (χ0) is 23.5. The van der Waals surface area contributed by atoms with E-state index in [1.165, 1.54) is 6.07 Å². The van der Waals surface area contributed by atoms with Gasteiger partial charge in [0.25, 0.3) is 11.8 Å². The highest BCUT2D eigenvalue weighted by Crippen LogP contribution is 2.20. The molecule has 1 aromatic carbocycles. The van der Waals surface area contributed by atoms with Crippen molar-refractivity contribution in [2.24, 2.45) is 0 Å². The van der Waals surface area contributed by atoms with E-state index in [9.17, 15) is 14.4 Å². The number of hydrogen-bond donors (Lipinski definition) is 2. The largest absolute Gasteiger partial charge is 0.451 e. The first-order valence-electron chi connectivity index (χ1n) is 10.4. The molecule has 0 saturated heterocycles. The summed E-state index contributed by atoms with van der Waals surface area (Å²) in [5.74, 6) is -1.18. The molecular weight excluding hydrogens is 446 g/mol. The van der Waals surface area contributed by atoms with Gasteiger partial charge in [-0.25, -0.2) is 14.5 Å². The summed E-state index contributed by atoms with van der Waals surface area (Å²) < 4.78 is 6.69. The number of esters is 1. The maximum absolute atomic E-state index is 12.5. The molecule has 2 heterocycles. The number of halogens is 1. The molecule has 9 nitrogen and oxygen atoms in total. The Bertz CT molecular complexity index is 1240. The summed E-state index contributed by atoms with van der Waals surface area (Å²) in [5, 5.41) is 9.93. The zero-order valence-corrected chi connectivity index (χ0v) is 18.8. The van der Waals surface area contributed by atoms with Crippen LogP contribution in [-0.2, 0) is 9.53 Å². The molecule has 1 aliphatic carbocycles. The number of pyridine rings is 1. The number of nitrogens with one attached hydrogen (secondary N) is 2. The third kappa shape index (κ3) is 5.56. The van der Waals surface area contributed by atoms with Gasteiger partial charge in [-0.15, -0.1) is 0 Å².